The molecular weight excluding hydrogens is 316 g/mol. The van der Waals surface area contributed by atoms with Gasteiger partial charge in [-0.1, -0.05) is 0 Å². The lowest BCUT2D eigenvalue weighted by atomic mass is 10.1. The molecule has 0 spiro atoms. The van der Waals surface area contributed by atoms with Gasteiger partial charge < -0.3 is 5.11 Å². The van der Waals surface area contributed by atoms with Crippen molar-refractivity contribution in [2.24, 2.45) is 0 Å². The number of hydrogen-bond donors (Lipinski definition) is 1. The third-order valence-electron chi connectivity index (χ3n) is 3.98. The number of hydrogen-bond acceptors (Lipinski definition) is 7. The Labute approximate surface area is 139 Å². The van der Waals surface area contributed by atoms with Crippen molar-refractivity contribution in [2.75, 3.05) is 26.2 Å². The summed E-state index contributed by atoms with van der Waals surface area (Å²) in [6.07, 6.45) is 0. The highest BCUT2D eigenvalue weighted by molar-refractivity contribution is 7.09. The molecule has 2 aromatic heterocycles. The largest absolute Gasteiger partial charge is 0.395 e. The quantitative estimate of drug-likeness (QED) is 0.902. The molecule has 1 atom stereocenters. The van der Waals surface area contributed by atoms with Crippen molar-refractivity contribution < 1.29 is 5.11 Å². The van der Waals surface area contributed by atoms with Crippen molar-refractivity contribution in [1.29, 1.82) is 0 Å². The van der Waals surface area contributed by atoms with Gasteiger partial charge in [-0.25, -0.2) is 9.97 Å². The van der Waals surface area contributed by atoms with Crippen LogP contribution in [0.5, 0.6) is 0 Å². The molecule has 0 radical (unpaired) electrons. The highest BCUT2D eigenvalue weighted by Gasteiger charge is 2.27. The summed E-state index contributed by atoms with van der Waals surface area (Å²) in [7, 11) is 0. The average Bonchev–Trinajstić information content (AvgIpc) is 3.09. The Morgan fingerprint density at radius 2 is 1.73 bits per heavy atom. The van der Waals surface area contributed by atoms with E-state index in [-0.39, 0.29) is 12.6 Å². The van der Waals surface area contributed by atoms with Crippen molar-refractivity contribution in [1.82, 2.24) is 19.8 Å². The van der Waals surface area contributed by atoms with E-state index in [0.29, 0.717) is 0 Å². The zero-order valence-corrected chi connectivity index (χ0v) is 14.7. The molecule has 0 amide bonds. The summed E-state index contributed by atoms with van der Waals surface area (Å²) in [6.45, 7) is 8.83. The molecule has 5 nitrogen and oxygen atoms in total. The Balaban J connectivity index is 1.58. The van der Waals surface area contributed by atoms with E-state index in [4.69, 9.17) is 0 Å². The minimum absolute atomic E-state index is 0.176. The van der Waals surface area contributed by atoms with Crippen LogP contribution in [0.1, 0.15) is 21.4 Å². The fourth-order valence-electron chi connectivity index (χ4n) is 2.88. The highest BCUT2D eigenvalue weighted by atomic mass is 32.1. The first-order valence-electron chi connectivity index (χ1n) is 7.53. The van der Waals surface area contributed by atoms with Gasteiger partial charge in [-0.3, -0.25) is 9.80 Å². The summed E-state index contributed by atoms with van der Waals surface area (Å²) in [5.74, 6) is 0. The fraction of sp³-hybridized carbons (Fsp3) is 0.600. The lowest BCUT2D eigenvalue weighted by Gasteiger charge is -2.40. The topological polar surface area (TPSA) is 52.5 Å². The molecule has 1 unspecified atom stereocenters. The van der Waals surface area contributed by atoms with Crippen molar-refractivity contribution in [3.63, 3.8) is 0 Å². The average molecular weight is 339 g/mol. The van der Waals surface area contributed by atoms with Crippen LogP contribution in [0.3, 0.4) is 0 Å². The van der Waals surface area contributed by atoms with Gasteiger partial charge in [-0.2, -0.15) is 0 Å². The third kappa shape index (κ3) is 3.91. The number of aromatic nitrogens is 2. The zero-order chi connectivity index (χ0) is 15.5. The lowest BCUT2D eigenvalue weighted by Crippen LogP contribution is -2.53. The van der Waals surface area contributed by atoms with Crippen LogP contribution in [-0.4, -0.2) is 57.2 Å². The van der Waals surface area contributed by atoms with Crippen molar-refractivity contribution in [2.45, 2.75) is 33.0 Å². The van der Waals surface area contributed by atoms with E-state index in [1.54, 1.807) is 22.7 Å². The van der Waals surface area contributed by atoms with Crippen LogP contribution in [0.15, 0.2) is 10.8 Å². The first-order valence-corrected chi connectivity index (χ1v) is 9.29. The van der Waals surface area contributed by atoms with Crippen LogP contribution in [0.2, 0.25) is 0 Å². The minimum Gasteiger partial charge on any atom is -0.395 e. The van der Waals surface area contributed by atoms with Gasteiger partial charge in [0.2, 0.25) is 0 Å². The van der Waals surface area contributed by atoms with Crippen LogP contribution >= 0.6 is 22.7 Å². The van der Waals surface area contributed by atoms with Gasteiger partial charge in [0.05, 0.1) is 28.0 Å². The molecule has 3 rings (SSSR count). The molecule has 22 heavy (non-hydrogen) atoms. The summed E-state index contributed by atoms with van der Waals surface area (Å²) in [6, 6.07) is 0.176. The molecule has 0 saturated carbocycles. The standard InChI is InChI=1S/C15H22N4OS2/c1-11-16-13(9-21-11)5-18-3-4-19(15(7-18)8-20)6-14-10-22-12(2)17-14/h9-10,15,20H,3-8H2,1-2H3. The molecule has 0 bridgehead atoms. The number of aliphatic hydroxyl groups excluding tert-OH is 1. The van der Waals surface area contributed by atoms with Crippen molar-refractivity contribution >= 4 is 22.7 Å². The molecule has 7 heteroatoms. The molecule has 1 aliphatic heterocycles. The first-order chi connectivity index (χ1) is 10.6. The molecule has 1 saturated heterocycles. The Morgan fingerprint density at radius 1 is 1.09 bits per heavy atom. The summed E-state index contributed by atoms with van der Waals surface area (Å²) in [4.78, 5) is 13.8. The van der Waals surface area contributed by atoms with Crippen LogP contribution < -0.4 is 0 Å². The molecule has 0 aromatic carbocycles. The van der Waals surface area contributed by atoms with Gasteiger partial charge >= 0.3 is 0 Å². The predicted octanol–water partition coefficient (Wildman–Crippen LogP) is 1.90. The smallest absolute Gasteiger partial charge is 0.0897 e. The van der Waals surface area contributed by atoms with Gasteiger partial charge in [0.25, 0.3) is 0 Å². The van der Waals surface area contributed by atoms with Crippen LogP contribution in [0, 0.1) is 13.8 Å². The van der Waals surface area contributed by atoms with Crippen molar-refractivity contribution in [3.05, 3.63) is 32.2 Å². The van der Waals surface area contributed by atoms with E-state index >= 15 is 0 Å². The minimum atomic E-state index is 0.176. The maximum Gasteiger partial charge on any atom is 0.0897 e. The van der Waals surface area contributed by atoms with Crippen molar-refractivity contribution in [3.8, 4) is 0 Å². The molecule has 3 heterocycles. The maximum atomic E-state index is 9.73. The molecule has 2 aromatic rings. The lowest BCUT2D eigenvalue weighted by molar-refractivity contribution is 0.0305. The molecular formula is C15H22N4OS2. The van der Waals surface area contributed by atoms with Gasteiger partial charge in [0, 0.05) is 49.5 Å². The van der Waals surface area contributed by atoms with E-state index in [1.807, 2.05) is 13.8 Å². The number of nitrogens with zero attached hydrogens (tertiary/aromatic N) is 4. The van der Waals surface area contributed by atoms with Gasteiger partial charge in [-0.05, 0) is 13.8 Å². The predicted molar refractivity (Wildman–Crippen MR) is 90.3 cm³/mol. The highest BCUT2D eigenvalue weighted by Crippen LogP contribution is 2.18. The summed E-state index contributed by atoms with van der Waals surface area (Å²) in [5.41, 5.74) is 2.26. The Kier molecular flexibility index (Phi) is 5.20. The maximum absolute atomic E-state index is 9.73. The molecule has 120 valence electrons. The normalized spacial score (nSPS) is 20.6. The number of thiazole rings is 2. The number of piperazine rings is 1. The van der Waals surface area contributed by atoms with E-state index in [0.717, 1.165) is 54.1 Å². The Bertz CT molecular complexity index is 612. The SMILES string of the molecule is Cc1nc(CN2CCN(Cc3csc(C)n3)C(CO)C2)cs1. The molecule has 0 aliphatic carbocycles. The third-order valence-corrected chi connectivity index (χ3v) is 5.63. The summed E-state index contributed by atoms with van der Waals surface area (Å²) >= 11 is 3.39. The summed E-state index contributed by atoms with van der Waals surface area (Å²) < 4.78 is 0. The Morgan fingerprint density at radius 3 is 2.27 bits per heavy atom. The first kappa shape index (κ1) is 16.0. The number of aliphatic hydroxyl groups is 1. The van der Waals surface area contributed by atoms with Gasteiger partial charge in [0.15, 0.2) is 0 Å². The monoisotopic (exact) mass is 338 g/mol. The molecule has 1 aliphatic rings. The second kappa shape index (κ2) is 7.14. The molecule has 1 fully saturated rings. The van der Waals surface area contributed by atoms with Gasteiger partial charge in [-0.15, -0.1) is 22.7 Å². The van der Waals surface area contributed by atoms with E-state index in [2.05, 4.69) is 30.5 Å². The van der Waals surface area contributed by atoms with Gasteiger partial charge in [0.1, 0.15) is 0 Å². The second-order valence-corrected chi connectivity index (χ2v) is 7.88. The van der Waals surface area contributed by atoms with E-state index < -0.39 is 0 Å². The Hall–Kier alpha value is -0.860. The van der Waals surface area contributed by atoms with Crippen LogP contribution in [0.4, 0.5) is 0 Å². The number of aryl methyl sites for hydroxylation is 2. The zero-order valence-electron chi connectivity index (χ0n) is 13.0. The fourth-order valence-corrected chi connectivity index (χ4v) is 4.09. The van der Waals surface area contributed by atoms with Crippen LogP contribution in [0.25, 0.3) is 0 Å². The molecule has 1 N–H and O–H groups in total. The summed E-state index contributed by atoms with van der Waals surface area (Å²) in [5, 5.41) is 16.2. The number of rotatable bonds is 5. The van der Waals surface area contributed by atoms with E-state index in [1.165, 1.54) is 0 Å². The second-order valence-electron chi connectivity index (χ2n) is 5.76. The van der Waals surface area contributed by atoms with E-state index in [9.17, 15) is 5.11 Å². The van der Waals surface area contributed by atoms with Crippen LogP contribution in [-0.2, 0) is 13.1 Å².